The molecule has 4 aromatic heterocycles. The normalized spacial score (nSPS) is 9.81. The number of fused-ring (bicyclic) bond motifs is 2. The molecule has 4 nitrogen and oxygen atoms in total. The maximum absolute atomic E-state index is 4.88. The van der Waals surface area contributed by atoms with Gasteiger partial charge in [0.15, 0.2) is 0 Å². The SMILES string of the molecule is [Cl][Pt+2][Cl].c1cc2cc[n-]c2cn1.c1cc2cc[n-]c2cn1. The number of pyridine rings is 2. The molecular weight excluding hydrogens is 490 g/mol. The molecule has 0 saturated heterocycles. The van der Waals surface area contributed by atoms with Gasteiger partial charge in [-0.25, -0.2) is 0 Å². The van der Waals surface area contributed by atoms with Gasteiger partial charge in [0.25, 0.3) is 0 Å². The second-order valence-corrected chi connectivity index (χ2v) is 7.09. The van der Waals surface area contributed by atoms with E-state index >= 15 is 0 Å². The Balaban J connectivity index is 0.000000130. The fourth-order valence-electron chi connectivity index (χ4n) is 1.69. The summed E-state index contributed by atoms with van der Waals surface area (Å²) in [7, 11) is 9.75. The van der Waals surface area contributed by atoms with Gasteiger partial charge in [0.2, 0.25) is 0 Å². The molecule has 0 saturated carbocycles. The first-order valence-corrected chi connectivity index (χ1v) is 11.4. The molecule has 0 aliphatic heterocycles. The van der Waals surface area contributed by atoms with Crippen LogP contribution in [0.25, 0.3) is 21.8 Å². The summed E-state index contributed by atoms with van der Waals surface area (Å²) in [5, 5.41) is 2.31. The Labute approximate surface area is 138 Å². The van der Waals surface area contributed by atoms with E-state index in [1.165, 1.54) is 0 Å². The monoisotopic (exact) mass is 499 g/mol. The molecule has 0 atom stereocenters. The number of rotatable bonds is 0. The van der Waals surface area contributed by atoms with Gasteiger partial charge in [-0.1, -0.05) is 12.1 Å². The largest absolute Gasteiger partial charge is 0.662 e. The molecular formula is C14H10Cl2N4Pt. The summed E-state index contributed by atoms with van der Waals surface area (Å²) >= 11 is -0.472. The van der Waals surface area contributed by atoms with Crippen LogP contribution in [-0.2, 0) is 16.5 Å². The Hall–Kier alpha value is -1.35. The maximum atomic E-state index is 4.88. The molecule has 4 aromatic rings. The van der Waals surface area contributed by atoms with Crippen LogP contribution in [0.15, 0.2) is 61.4 Å². The van der Waals surface area contributed by atoms with Crippen molar-refractivity contribution in [2.24, 2.45) is 0 Å². The van der Waals surface area contributed by atoms with Crippen LogP contribution < -0.4 is 9.97 Å². The first-order chi connectivity index (χ1) is 10.3. The van der Waals surface area contributed by atoms with Crippen LogP contribution in [0.5, 0.6) is 0 Å². The van der Waals surface area contributed by atoms with Crippen molar-refractivity contribution in [2.45, 2.75) is 0 Å². The predicted molar refractivity (Wildman–Crippen MR) is 81.8 cm³/mol. The minimum atomic E-state index is -0.472. The van der Waals surface area contributed by atoms with E-state index in [4.69, 9.17) is 18.8 Å². The first kappa shape index (κ1) is 16.0. The van der Waals surface area contributed by atoms with E-state index in [9.17, 15) is 0 Å². The molecule has 4 rings (SSSR count). The van der Waals surface area contributed by atoms with Crippen molar-refractivity contribution in [3.63, 3.8) is 0 Å². The molecule has 0 aromatic carbocycles. The van der Waals surface area contributed by atoms with Crippen LogP contribution in [0.2, 0.25) is 0 Å². The van der Waals surface area contributed by atoms with Crippen molar-refractivity contribution in [2.75, 3.05) is 0 Å². The van der Waals surface area contributed by atoms with Gasteiger partial charge in [-0.3, -0.25) is 9.97 Å². The van der Waals surface area contributed by atoms with Crippen molar-refractivity contribution < 1.29 is 16.5 Å². The molecule has 0 aliphatic rings. The van der Waals surface area contributed by atoms with E-state index in [0.717, 1.165) is 21.8 Å². The summed E-state index contributed by atoms with van der Waals surface area (Å²) in [5.41, 5.74) is 1.94. The Morgan fingerprint density at radius 3 is 1.57 bits per heavy atom. The molecule has 0 unspecified atom stereocenters. The maximum Gasteiger partial charge on any atom is 0.0272 e. The molecule has 21 heavy (non-hydrogen) atoms. The number of halogens is 2. The molecule has 4 heterocycles. The van der Waals surface area contributed by atoms with Crippen LogP contribution in [0.3, 0.4) is 0 Å². The smallest absolute Gasteiger partial charge is 0.0272 e. The van der Waals surface area contributed by atoms with Crippen molar-refractivity contribution in [3.8, 4) is 0 Å². The van der Waals surface area contributed by atoms with Gasteiger partial charge in [-0.2, -0.15) is 12.4 Å². The number of hydrogen-bond donors (Lipinski definition) is 0. The van der Waals surface area contributed by atoms with Gasteiger partial charge in [-0.05, 0) is 22.9 Å². The summed E-state index contributed by atoms with van der Waals surface area (Å²) < 4.78 is 0. The predicted octanol–water partition coefficient (Wildman–Crippen LogP) is 3.76. The fourth-order valence-corrected chi connectivity index (χ4v) is 1.69. The van der Waals surface area contributed by atoms with Crippen LogP contribution in [0, 0.1) is 0 Å². The van der Waals surface area contributed by atoms with Crippen molar-refractivity contribution in [1.29, 1.82) is 0 Å². The van der Waals surface area contributed by atoms with E-state index in [1.807, 2.05) is 24.3 Å². The van der Waals surface area contributed by atoms with Crippen molar-refractivity contribution >= 4 is 40.6 Å². The zero-order valence-electron chi connectivity index (χ0n) is 10.6. The molecule has 0 amide bonds. The Morgan fingerprint density at radius 2 is 1.19 bits per heavy atom. The minimum absolute atomic E-state index is 0.472. The first-order valence-electron chi connectivity index (χ1n) is 5.80. The van der Waals surface area contributed by atoms with Gasteiger partial charge in [0.1, 0.15) is 0 Å². The third-order valence-electron chi connectivity index (χ3n) is 2.60. The fraction of sp³-hybridized carbons (Fsp3) is 0. The van der Waals surface area contributed by atoms with Crippen molar-refractivity contribution in [1.82, 2.24) is 19.9 Å². The minimum Gasteiger partial charge on any atom is -0.662 e. The summed E-state index contributed by atoms with van der Waals surface area (Å²) in [4.78, 5) is 16.0. The van der Waals surface area contributed by atoms with E-state index < -0.39 is 16.5 Å². The van der Waals surface area contributed by atoms with Crippen LogP contribution >= 0.6 is 18.8 Å². The molecule has 0 aliphatic carbocycles. The third-order valence-corrected chi connectivity index (χ3v) is 2.60. The topological polar surface area (TPSA) is 54.0 Å². The average Bonchev–Trinajstić information content (AvgIpc) is 3.17. The molecule has 0 fully saturated rings. The zero-order chi connectivity index (χ0) is 14.9. The number of hydrogen-bond acceptors (Lipinski definition) is 2. The van der Waals surface area contributed by atoms with E-state index in [1.54, 1.807) is 37.2 Å². The van der Waals surface area contributed by atoms with Crippen molar-refractivity contribution in [3.05, 3.63) is 61.4 Å². The van der Waals surface area contributed by atoms with Gasteiger partial charge >= 0.3 is 35.3 Å². The van der Waals surface area contributed by atoms with E-state index in [2.05, 4.69) is 19.9 Å². The molecule has 110 valence electrons. The van der Waals surface area contributed by atoms with Gasteiger partial charge in [-0.15, -0.1) is 11.0 Å². The van der Waals surface area contributed by atoms with Crippen LogP contribution in [0.4, 0.5) is 0 Å². The van der Waals surface area contributed by atoms with Crippen LogP contribution in [-0.4, -0.2) is 9.97 Å². The van der Waals surface area contributed by atoms with E-state index in [-0.39, 0.29) is 0 Å². The Kier molecular flexibility index (Phi) is 6.74. The average molecular weight is 500 g/mol. The van der Waals surface area contributed by atoms with Gasteiger partial charge < -0.3 is 9.97 Å². The standard InChI is InChI=1S/2C7H5N2.2ClH.Pt/c2*1-3-8-5-7-6(1)2-4-9-7;;;/h2*1-5H;2*1H;/q2*-1;;;+4/p-2. The zero-order valence-corrected chi connectivity index (χ0v) is 14.4. The second-order valence-electron chi connectivity index (χ2n) is 3.80. The molecule has 0 N–H and O–H groups in total. The molecule has 0 bridgehead atoms. The summed E-state index contributed by atoms with van der Waals surface area (Å²) in [6.07, 6.45) is 10.6. The number of nitrogens with zero attached hydrogens (tertiary/aromatic N) is 4. The third kappa shape index (κ3) is 4.85. The molecule has 0 spiro atoms. The van der Waals surface area contributed by atoms with E-state index in [0.29, 0.717) is 0 Å². The molecule has 0 radical (unpaired) electrons. The van der Waals surface area contributed by atoms with Crippen LogP contribution in [0.1, 0.15) is 0 Å². The Morgan fingerprint density at radius 1 is 0.762 bits per heavy atom. The molecule has 7 heteroatoms. The number of aromatic nitrogens is 4. The summed E-state index contributed by atoms with van der Waals surface area (Å²) in [6, 6.07) is 7.83. The summed E-state index contributed by atoms with van der Waals surface area (Å²) in [5.74, 6) is 0. The van der Waals surface area contributed by atoms with Gasteiger partial charge in [0, 0.05) is 24.8 Å². The quantitative estimate of drug-likeness (QED) is 0.369. The Bertz CT molecular complexity index is 658. The van der Waals surface area contributed by atoms with Gasteiger partial charge in [0.05, 0.1) is 0 Å². The summed E-state index contributed by atoms with van der Waals surface area (Å²) in [6.45, 7) is 0. The second kappa shape index (κ2) is 8.83.